The number of hydrogen-bond acceptors (Lipinski definition) is 4. The average Bonchev–Trinajstić information content (AvgIpc) is 3.14. The highest BCUT2D eigenvalue weighted by molar-refractivity contribution is 6.37. The van der Waals surface area contributed by atoms with Crippen LogP contribution in [-0.4, -0.2) is 35.2 Å². The molecule has 1 aromatic carbocycles. The lowest BCUT2D eigenvalue weighted by Crippen LogP contribution is -2.43. The van der Waals surface area contributed by atoms with Crippen molar-refractivity contribution in [2.24, 2.45) is 11.8 Å². The number of aliphatic hydroxyl groups is 1. The zero-order valence-electron chi connectivity index (χ0n) is 11.2. The third-order valence-corrected chi connectivity index (χ3v) is 5.11. The molecule has 0 saturated carbocycles. The first-order valence-electron chi connectivity index (χ1n) is 6.79. The lowest BCUT2D eigenvalue weighted by Gasteiger charge is -2.26. The first-order valence-corrected chi connectivity index (χ1v) is 7.55. The van der Waals surface area contributed by atoms with Gasteiger partial charge in [0.05, 0.1) is 35.3 Å². The summed E-state index contributed by atoms with van der Waals surface area (Å²) in [6, 6.07) is 4.62. The van der Waals surface area contributed by atoms with E-state index in [4.69, 9.17) is 27.9 Å². The molecule has 0 radical (unpaired) electrons. The number of carbonyl (C=O) groups excluding carboxylic acids is 2. The smallest absolute Gasteiger partial charge is 0.241 e. The van der Waals surface area contributed by atoms with Gasteiger partial charge in [0.2, 0.25) is 11.8 Å². The van der Waals surface area contributed by atoms with Gasteiger partial charge in [-0.1, -0.05) is 35.4 Å². The number of benzene rings is 1. The van der Waals surface area contributed by atoms with Crippen LogP contribution >= 0.6 is 23.2 Å². The largest absolute Gasteiger partial charge is 0.393 e. The van der Waals surface area contributed by atoms with Crippen LogP contribution in [0.3, 0.4) is 0 Å². The highest BCUT2D eigenvalue weighted by atomic mass is 35.5. The van der Waals surface area contributed by atoms with Gasteiger partial charge < -0.3 is 9.84 Å². The molecule has 0 unspecified atom stereocenters. The molecule has 114 valence electrons. The molecule has 3 heterocycles. The SMILES string of the molecule is O=C1[C@@H]2[C@H]3C=C[C@@](CO)(O3)[C@H]2C(=O)N1c1cc(Cl)ccc1Cl. The average molecular weight is 340 g/mol. The Balaban J connectivity index is 1.81. The van der Waals surface area contributed by atoms with E-state index in [0.717, 1.165) is 4.90 Å². The van der Waals surface area contributed by atoms with Crippen LogP contribution in [0, 0.1) is 11.8 Å². The Morgan fingerprint density at radius 2 is 2.05 bits per heavy atom. The minimum Gasteiger partial charge on any atom is -0.393 e. The molecule has 2 saturated heterocycles. The molecule has 2 bridgehead atoms. The summed E-state index contributed by atoms with van der Waals surface area (Å²) in [5.41, 5.74) is -0.840. The van der Waals surface area contributed by atoms with E-state index in [1.165, 1.54) is 6.07 Å². The molecule has 0 spiro atoms. The molecule has 3 aliphatic rings. The number of nitrogens with zero attached hydrogens (tertiary/aromatic N) is 1. The van der Waals surface area contributed by atoms with Crippen molar-refractivity contribution in [2.45, 2.75) is 11.7 Å². The van der Waals surface area contributed by atoms with E-state index in [-0.39, 0.29) is 23.2 Å². The van der Waals surface area contributed by atoms with Gasteiger partial charge in [0, 0.05) is 5.02 Å². The maximum Gasteiger partial charge on any atom is 0.241 e. The number of ether oxygens (including phenoxy) is 1. The van der Waals surface area contributed by atoms with Crippen LogP contribution in [0.15, 0.2) is 30.4 Å². The van der Waals surface area contributed by atoms with Crippen LogP contribution in [0.25, 0.3) is 0 Å². The van der Waals surface area contributed by atoms with Crippen molar-refractivity contribution in [2.75, 3.05) is 11.5 Å². The third kappa shape index (κ3) is 1.62. The summed E-state index contributed by atoms with van der Waals surface area (Å²) >= 11 is 12.1. The third-order valence-electron chi connectivity index (χ3n) is 4.55. The van der Waals surface area contributed by atoms with Crippen molar-refractivity contribution in [3.05, 3.63) is 40.4 Å². The summed E-state index contributed by atoms with van der Waals surface area (Å²) in [5.74, 6) is -2.14. The summed E-state index contributed by atoms with van der Waals surface area (Å²) < 4.78 is 5.67. The van der Waals surface area contributed by atoms with E-state index < -0.39 is 29.4 Å². The zero-order valence-corrected chi connectivity index (χ0v) is 12.7. The van der Waals surface area contributed by atoms with E-state index in [2.05, 4.69) is 0 Å². The maximum absolute atomic E-state index is 12.8. The molecule has 0 aliphatic carbocycles. The summed E-state index contributed by atoms with van der Waals surface area (Å²) in [7, 11) is 0. The van der Waals surface area contributed by atoms with Gasteiger partial charge in [-0.2, -0.15) is 0 Å². The molecular formula is C15H11Cl2NO4. The molecule has 0 aromatic heterocycles. The van der Waals surface area contributed by atoms with Gasteiger partial charge in [0.15, 0.2) is 0 Å². The quantitative estimate of drug-likeness (QED) is 0.659. The molecule has 4 rings (SSSR count). The first-order chi connectivity index (χ1) is 10.5. The number of imide groups is 1. The topological polar surface area (TPSA) is 66.8 Å². The van der Waals surface area contributed by atoms with Gasteiger partial charge in [0.1, 0.15) is 5.60 Å². The Labute approximate surface area is 136 Å². The number of hydrogen-bond donors (Lipinski definition) is 1. The fourth-order valence-electron chi connectivity index (χ4n) is 3.58. The molecule has 3 aliphatic heterocycles. The standard InChI is InChI=1S/C15H11Cl2NO4/c16-7-1-2-8(17)9(5-7)18-13(20)11-10-3-4-15(6-19,22-10)12(11)14(18)21/h1-5,10-12,19H,6H2/t10-,11-,12-,15+/m1/s1. The van der Waals surface area contributed by atoms with Gasteiger partial charge in [-0.25, -0.2) is 4.90 Å². The van der Waals surface area contributed by atoms with Crippen molar-refractivity contribution in [3.8, 4) is 0 Å². The molecule has 4 atom stereocenters. The second kappa shape index (κ2) is 4.55. The minimum atomic E-state index is -1.11. The fourth-order valence-corrected chi connectivity index (χ4v) is 3.95. The predicted molar refractivity (Wildman–Crippen MR) is 79.8 cm³/mol. The number of amides is 2. The molecule has 22 heavy (non-hydrogen) atoms. The van der Waals surface area contributed by atoms with Gasteiger partial charge in [0.25, 0.3) is 0 Å². The van der Waals surface area contributed by atoms with E-state index in [1.807, 2.05) is 0 Å². The Hall–Kier alpha value is -1.40. The second-order valence-electron chi connectivity index (χ2n) is 5.67. The summed E-state index contributed by atoms with van der Waals surface area (Å²) in [4.78, 5) is 26.6. The molecule has 2 fully saturated rings. The molecule has 1 N–H and O–H groups in total. The number of anilines is 1. The summed E-state index contributed by atoms with van der Waals surface area (Å²) in [6.07, 6.45) is 2.91. The number of carbonyl (C=O) groups is 2. The van der Waals surface area contributed by atoms with Crippen LogP contribution in [0.4, 0.5) is 5.69 Å². The Morgan fingerprint density at radius 1 is 1.27 bits per heavy atom. The first kappa shape index (κ1) is 14.2. The van der Waals surface area contributed by atoms with Crippen molar-refractivity contribution in [3.63, 3.8) is 0 Å². The van der Waals surface area contributed by atoms with Crippen molar-refractivity contribution in [1.29, 1.82) is 0 Å². The highest BCUT2D eigenvalue weighted by Gasteiger charge is 2.67. The van der Waals surface area contributed by atoms with Crippen LogP contribution in [-0.2, 0) is 14.3 Å². The van der Waals surface area contributed by atoms with Crippen molar-refractivity contribution < 1.29 is 19.4 Å². The predicted octanol–water partition coefficient (Wildman–Crippen LogP) is 1.80. The number of aliphatic hydroxyl groups excluding tert-OH is 1. The maximum atomic E-state index is 12.8. The van der Waals surface area contributed by atoms with E-state index >= 15 is 0 Å². The second-order valence-corrected chi connectivity index (χ2v) is 6.51. The highest BCUT2D eigenvalue weighted by Crippen LogP contribution is 2.52. The molecular weight excluding hydrogens is 329 g/mol. The van der Waals surface area contributed by atoms with Gasteiger partial charge in [-0.15, -0.1) is 0 Å². The molecule has 5 nitrogen and oxygen atoms in total. The summed E-state index contributed by atoms with van der Waals surface area (Å²) in [5, 5.41) is 10.3. The molecule has 1 aromatic rings. The van der Waals surface area contributed by atoms with Crippen LogP contribution in [0.2, 0.25) is 10.0 Å². The fraction of sp³-hybridized carbons (Fsp3) is 0.333. The zero-order chi connectivity index (χ0) is 15.6. The number of halogens is 2. The summed E-state index contributed by atoms with van der Waals surface area (Å²) in [6.45, 7) is -0.350. The lowest BCUT2D eigenvalue weighted by molar-refractivity contribution is -0.128. The monoisotopic (exact) mass is 339 g/mol. The van der Waals surface area contributed by atoms with Gasteiger partial charge >= 0.3 is 0 Å². The Morgan fingerprint density at radius 3 is 2.77 bits per heavy atom. The Bertz CT molecular complexity index is 734. The minimum absolute atomic E-state index is 0.269. The van der Waals surface area contributed by atoms with Crippen LogP contribution < -0.4 is 4.90 Å². The lowest BCUT2D eigenvalue weighted by atomic mass is 9.77. The van der Waals surface area contributed by atoms with Gasteiger partial charge in [-0.05, 0) is 18.2 Å². The van der Waals surface area contributed by atoms with Gasteiger partial charge in [-0.3, -0.25) is 9.59 Å². The van der Waals surface area contributed by atoms with E-state index in [9.17, 15) is 14.7 Å². The normalized spacial score (nSPS) is 35.6. The van der Waals surface area contributed by atoms with E-state index in [0.29, 0.717) is 5.02 Å². The van der Waals surface area contributed by atoms with Crippen molar-refractivity contribution >= 4 is 40.7 Å². The van der Waals surface area contributed by atoms with Crippen molar-refractivity contribution in [1.82, 2.24) is 0 Å². The van der Waals surface area contributed by atoms with Crippen LogP contribution in [0.1, 0.15) is 0 Å². The van der Waals surface area contributed by atoms with E-state index in [1.54, 1.807) is 24.3 Å². The number of rotatable bonds is 2. The Kier molecular flexibility index (Phi) is 2.94. The molecule has 7 heteroatoms. The molecule has 2 amide bonds. The number of fused-ring (bicyclic) bond motifs is 5. The van der Waals surface area contributed by atoms with Crippen LogP contribution in [0.5, 0.6) is 0 Å².